The summed E-state index contributed by atoms with van der Waals surface area (Å²) in [6, 6.07) is 2.42. The summed E-state index contributed by atoms with van der Waals surface area (Å²) in [6.07, 6.45) is -4.41. The molecular formula is C9H5BrF3IO. The number of ketones is 1. The molecule has 1 aromatic carbocycles. The van der Waals surface area contributed by atoms with E-state index in [0.29, 0.717) is 0 Å². The summed E-state index contributed by atoms with van der Waals surface area (Å²) in [5, 5.41) is 0. The standard InChI is InChI=1S/C9H5BrF3IO/c1-4(15)5-2-6(10)8(7(14)3-5)9(11,12)13/h2-3H,1H3. The van der Waals surface area contributed by atoms with E-state index in [0.717, 1.165) is 0 Å². The monoisotopic (exact) mass is 392 g/mol. The first kappa shape index (κ1) is 13.0. The maximum absolute atomic E-state index is 12.5. The largest absolute Gasteiger partial charge is 0.418 e. The normalized spacial score (nSPS) is 11.6. The van der Waals surface area contributed by atoms with E-state index in [2.05, 4.69) is 15.9 Å². The van der Waals surface area contributed by atoms with Gasteiger partial charge in [-0.25, -0.2) is 0 Å². The van der Waals surface area contributed by atoms with Gasteiger partial charge in [0.2, 0.25) is 0 Å². The van der Waals surface area contributed by atoms with Gasteiger partial charge in [-0.3, -0.25) is 4.79 Å². The summed E-state index contributed by atoms with van der Waals surface area (Å²) in [6.45, 7) is 1.31. The van der Waals surface area contributed by atoms with E-state index in [1.165, 1.54) is 19.1 Å². The Hall–Kier alpha value is -0.110. The van der Waals surface area contributed by atoms with E-state index in [1.807, 2.05) is 0 Å². The Bertz CT molecular complexity index is 391. The van der Waals surface area contributed by atoms with Gasteiger partial charge in [0.15, 0.2) is 5.78 Å². The van der Waals surface area contributed by atoms with Crippen LogP contribution in [0.5, 0.6) is 0 Å². The van der Waals surface area contributed by atoms with Crippen LogP contribution >= 0.6 is 38.5 Å². The number of halogens is 5. The molecule has 1 aromatic rings. The molecule has 0 aliphatic rings. The van der Waals surface area contributed by atoms with Gasteiger partial charge >= 0.3 is 6.18 Å². The van der Waals surface area contributed by atoms with Gasteiger partial charge in [-0.1, -0.05) is 15.9 Å². The molecule has 0 aliphatic heterocycles. The average molecular weight is 393 g/mol. The molecule has 0 N–H and O–H groups in total. The Kier molecular flexibility index (Phi) is 3.80. The number of hydrogen-bond donors (Lipinski definition) is 0. The first-order valence-electron chi connectivity index (χ1n) is 3.80. The van der Waals surface area contributed by atoms with Crippen molar-refractivity contribution in [2.75, 3.05) is 0 Å². The Morgan fingerprint density at radius 1 is 1.40 bits per heavy atom. The smallest absolute Gasteiger partial charge is 0.295 e. The van der Waals surface area contributed by atoms with Crippen LogP contribution in [-0.4, -0.2) is 5.78 Å². The van der Waals surface area contributed by atoms with E-state index < -0.39 is 11.7 Å². The second kappa shape index (κ2) is 4.40. The number of rotatable bonds is 1. The van der Waals surface area contributed by atoms with Crippen LogP contribution in [0.3, 0.4) is 0 Å². The average Bonchev–Trinajstić information content (AvgIpc) is 1.99. The van der Waals surface area contributed by atoms with Crippen molar-refractivity contribution in [3.8, 4) is 0 Å². The Labute approximate surface area is 106 Å². The minimum atomic E-state index is -4.41. The lowest BCUT2D eigenvalue weighted by Gasteiger charge is -2.12. The molecule has 0 bridgehead atoms. The van der Waals surface area contributed by atoms with Crippen LogP contribution in [0.4, 0.5) is 13.2 Å². The number of Topliss-reactive ketones (excluding diaryl/α,β-unsaturated/α-hetero) is 1. The molecule has 82 valence electrons. The van der Waals surface area contributed by atoms with Gasteiger partial charge < -0.3 is 0 Å². The Morgan fingerprint density at radius 2 is 1.93 bits per heavy atom. The predicted octanol–water partition coefficient (Wildman–Crippen LogP) is 4.28. The number of hydrogen-bond acceptors (Lipinski definition) is 1. The van der Waals surface area contributed by atoms with Crippen molar-refractivity contribution in [1.29, 1.82) is 0 Å². The van der Waals surface area contributed by atoms with Crippen molar-refractivity contribution < 1.29 is 18.0 Å². The van der Waals surface area contributed by atoms with Gasteiger partial charge in [0.05, 0.1) is 5.56 Å². The topological polar surface area (TPSA) is 17.1 Å². The van der Waals surface area contributed by atoms with Crippen LogP contribution in [0.2, 0.25) is 0 Å². The van der Waals surface area contributed by atoms with Crippen LogP contribution in [0.25, 0.3) is 0 Å². The highest BCUT2D eigenvalue weighted by molar-refractivity contribution is 14.1. The molecule has 15 heavy (non-hydrogen) atoms. The first-order valence-corrected chi connectivity index (χ1v) is 5.68. The van der Waals surface area contributed by atoms with Gasteiger partial charge in [0.25, 0.3) is 0 Å². The summed E-state index contributed by atoms with van der Waals surface area (Å²) in [4.78, 5) is 11.0. The highest BCUT2D eigenvalue weighted by Gasteiger charge is 2.35. The van der Waals surface area contributed by atoms with Crippen molar-refractivity contribution in [3.63, 3.8) is 0 Å². The van der Waals surface area contributed by atoms with Crippen molar-refractivity contribution in [3.05, 3.63) is 31.3 Å². The number of alkyl halides is 3. The van der Waals surface area contributed by atoms with Gasteiger partial charge in [0.1, 0.15) is 0 Å². The number of carbonyl (C=O) groups excluding carboxylic acids is 1. The third-order valence-corrected chi connectivity index (χ3v) is 3.21. The lowest BCUT2D eigenvalue weighted by Crippen LogP contribution is -2.10. The molecule has 0 unspecified atom stereocenters. The third-order valence-electron chi connectivity index (χ3n) is 1.73. The summed E-state index contributed by atoms with van der Waals surface area (Å²) in [5.74, 6) is -0.262. The van der Waals surface area contributed by atoms with Crippen LogP contribution in [-0.2, 0) is 6.18 Å². The van der Waals surface area contributed by atoms with E-state index in [1.54, 1.807) is 22.6 Å². The van der Waals surface area contributed by atoms with E-state index in [4.69, 9.17) is 0 Å². The Morgan fingerprint density at radius 3 is 2.27 bits per heavy atom. The third kappa shape index (κ3) is 2.93. The van der Waals surface area contributed by atoms with E-state index in [9.17, 15) is 18.0 Å². The molecule has 0 atom stereocenters. The molecule has 0 aliphatic carbocycles. The van der Waals surface area contributed by atoms with Gasteiger partial charge in [-0.2, -0.15) is 13.2 Å². The summed E-state index contributed by atoms with van der Waals surface area (Å²) >= 11 is 4.39. The molecular weight excluding hydrogens is 388 g/mol. The molecule has 0 radical (unpaired) electrons. The molecule has 0 saturated carbocycles. The fourth-order valence-electron chi connectivity index (χ4n) is 1.05. The lowest BCUT2D eigenvalue weighted by molar-refractivity contribution is -0.138. The molecule has 1 rings (SSSR count). The molecule has 0 saturated heterocycles. The quantitative estimate of drug-likeness (QED) is 0.515. The van der Waals surface area contributed by atoms with Crippen molar-refractivity contribution in [2.24, 2.45) is 0 Å². The van der Waals surface area contributed by atoms with Crippen LogP contribution in [0, 0.1) is 3.57 Å². The van der Waals surface area contributed by atoms with Crippen LogP contribution < -0.4 is 0 Å². The summed E-state index contributed by atoms with van der Waals surface area (Å²) < 4.78 is 37.5. The first-order chi connectivity index (χ1) is 6.73. The van der Waals surface area contributed by atoms with E-state index >= 15 is 0 Å². The zero-order valence-electron chi connectivity index (χ0n) is 7.45. The zero-order valence-corrected chi connectivity index (χ0v) is 11.2. The van der Waals surface area contributed by atoms with Crippen LogP contribution in [0.15, 0.2) is 16.6 Å². The SMILES string of the molecule is CC(=O)c1cc(Br)c(C(F)(F)F)c(I)c1. The summed E-state index contributed by atoms with van der Waals surface area (Å²) in [5.41, 5.74) is -0.479. The maximum atomic E-state index is 12.5. The molecule has 0 amide bonds. The van der Waals surface area contributed by atoms with Crippen molar-refractivity contribution in [2.45, 2.75) is 13.1 Å². The molecule has 6 heteroatoms. The fourth-order valence-corrected chi connectivity index (χ4v) is 3.03. The van der Waals surface area contributed by atoms with E-state index in [-0.39, 0.29) is 19.4 Å². The van der Waals surface area contributed by atoms with Gasteiger partial charge in [-0.15, -0.1) is 0 Å². The zero-order chi connectivity index (χ0) is 11.8. The maximum Gasteiger partial charge on any atom is 0.418 e. The molecule has 0 fully saturated rings. The van der Waals surface area contributed by atoms with Gasteiger partial charge in [-0.05, 0) is 41.6 Å². The molecule has 0 aromatic heterocycles. The number of carbonyl (C=O) groups is 1. The minimum absolute atomic E-state index is 0.0136. The highest BCUT2D eigenvalue weighted by atomic mass is 127. The van der Waals surface area contributed by atoms with Gasteiger partial charge in [0, 0.05) is 13.6 Å². The molecule has 0 heterocycles. The van der Waals surface area contributed by atoms with Crippen LogP contribution in [0.1, 0.15) is 22.8 Å². The van der Waals surface area contributed by atoms with Crippen molar-refractivity contribution in [1.82, 2.24) is 0 Å². The second-order valence-electron chi connectivity index (χ2n) is 2.87. The minimum Gasteiger partial charge on any atom is -0.295 e. The second-order valence-corrected chi connectivity index (χ2v) is 4.89. The number of benzene rings is 1. The molecule has 0 spiro atoms. The highest BCUT2D eigenvalue weighted by Crippen LogP contribution is 2.38. The van der Waals surface area contributed by atoms with Crippen molar-refractivity contribution >= 4 is 44.3 Å². The predicted molar refractivity (Wildman–Crippen MR) is 61.9 cm³/mol. The lowest BCUT2D eigenvalue weighted by atomic mass is 10.1. The Balaban J connectivity index is 3.41. The molecule has 1 nitrogen and oxygen atoms in total. The fraction of sp³-hybridized carbons (Fsp3) is 0.222. The summed E-state index contributed by atoms with van der Waals surface area (Å²) in [7, 11) is 0.